The minimum Gasteiger partial charge on any atom is -0.507 e. The highest BCUT2D eigenvalue weighted by atomic mass is 79.9. The van der Waals surface area contributed by atoms with Crippen molar-refractivity contribution in [3.05, 3.63) is 58.7 Å². The van der Waals surface area contributed by atoms with Gasteiger partial charge in [-0.25, -0.2) is 0 Å². The number of carbonyl (C=O) groups is 1. The summed E-state index contributed by atoms with van der Waals surface area (Å²) >= 11 is 3.37. The van der Waals surface area contributed by atoms with E-state index < -0.39 is 0 Å². The molecule has 3 N–H and O–H groups in total. The first kappa shape index (κ1) is 28.2. The monoisotopic (exact) mass is 555 g/mol. The van der Waals surface area contributed by atoms with E-state index in [4.69, 9.17) is 5.73 Å². The van der Waals surface area contributed by atoms with Crippen molar-refractivity contribution < 1.29 is 9.90 Å². The van der Waals surface area contributed by atoms with Crippen molar-refractivity contribution in [1.29, 1.82) is 0 Å². The Balaban J connectivity index is 1.92. The molecule has 0 radical (unpaired) electrons. The number of nitrogens with two attached hydrogens (primary N) is 1. The summed E-state index contributed by atoms with van der Waals surface area (Å²) in [5.41, 5.74) is 9.55. The van der Waals surface area contributed by atoms with E-state index in [2.05, 4.69) is 85.7 Å². The van der Waals surface area contributed by atoms with Gasteiger partial charge in [-0.05, 0) is 59.4 Å². The van der Waals surface area contributed by atoms with E-state index in [1.54, 1.807) is 0 Å². The van der Waals surface area contributed by atoms with E-state index in [1.165, 1.54) is 5.56 Å². The van der Waals surface area contributed by atoms with Crippen LogP contribution in [0.25, 0.3) is 0 Å². The largest absolute Gasteiger partial charge is 0.507 e. The molecule has 0 spiro atoms. The Bertz CT molecular complexity index is 1080. The number of nitrogens with zero attached hydrogens (tertiary/aromatic N) is 2. The summed E-state index contributed by atoms with van der Waals surface area (Å²) in [6.45, 7) is 15.7. The number of ketones is 1. The van der Waals surface area contributed by atoms with Crippen molar-refractivity contribution in [1.82, 2.24) is 4.90 Å². The summed E-state index contributed by atoms with van der Waals surface area (Å²) in [4.78, 5) is 15.8. The zero-order valence-electron chi connectivity index (χ0n) is 22.9. The van der Waals surface area contributed by atoms with Crippen LogP contribution in [-0.4, -0.2) is 34.7 Å². The number of rotatable bonds is 7. The molecular formula is C30H42BrN3O2. The van der Waals surface area contributed by atoms with E-state index in [1.807, 2.05) is 24.3 Å². The third-order valence-electron chi connectivity index (χ3n) is 7.24. The molecule has 2 aromatic carbocycles. The van der Waals surface area contributed by atoms with E-state index >= 15 is 0 Å². The topological polar surface area (TPSA) is 78.9 Å². The van der Waals surface area contributed by atoms with Gasteiger partial charge in [0, 0.05) is 34.8 Å². The van der Waals surface area contributed by atoms with E-state index in [0.29, 0.717) is 17.2 Å². The SMILES string of the molecule is CCC[C@H]1CN(CC(=O)c2cc(C(C)(C)C)c(O)c(C(C)(C)C)c2)C(=NBr)[C@@H]1Cc1ccc(N)cc1. The van der Waals surface area contributed by atoms with Gasteiger partial charge in [0.25, 0.3) is 0 Å². The van der Waals surface area contributed by atoms with Gasteiger partial charge in [0.05, 0.1) is 22.7 Å². The maximum Gasteiger partial charge on any atom is 0.182 e. The summed E-state index contributed by atoms with van der Waals surface area (Å²) < 4.78 is 4.51. The molecule has 1 heterocycles. The van der Waals surface area contributed by atoms with Crippen LogP contribution < -0.4 is 5.73 Å². The zero-order valence-corrected chi connectivity index (χ0v) is 24.4. The second-order valence-corrected chi connectivity index (χ2v) is 12.6. The molecule has 36 heavy (non-hydrogen) atoms. The summed E-state index contributed by atoms with van der Waals surface area (Å²) in [5.74, 6) is 1.93. The summed E-state index contributed by atoms with van der Waals surface area (Å²) in [6.07, 6.45) is 3.03. The number of benzene rings is 2. The Hall–Kier alpha value is -2.34. The molecule has 2 atom stereocenters. The van der Waals surface area contributed by atoms with Crippen molar-refractivity contribution in [2.45, 2.75) is 78.6 Å². The van der Waals surface area contributed by atoms with Gasteiger partial charge in [0.2, 0.25) is 0 Å². The maximum absolute atomic E-state index is 13.7. The Labute approximate surface area is 225 Å². The standard InChI is InChI=1S/C30H42BrN3O2/c1-8-9-20-17-34(28(33-31)23(20)14-19-10-12-22(32)13-11-19)18-26(35)21-15-24(29(2,3)4)27(36)25(16-21)30(5,6)7/h10-13,15-16,20,23,36H,8-9,14,17-18,32H2,1-7H3/t20-,23+/m0/s1. The maximum atomic E-state index is 13.7. The number of phenols is 1. The molecule has 3 rings (SSSR count). The number of anilines is 1. The first-order chi connectivity index (χ1) is 16.8. The molecule has 0 amide bonds. The molecule has 196 valence electrons. The fourth-order valence-corrected chi connectivity index (χ4v) is 5.73. The van der Waals surface area contributed by atoms with Crippen molar-refractivity contribution in [2.24, 2.45) is 15.9 Å². The lowest BCUT2D eigenvalue weighted by Crippen LogP contribution is -2.33. The highest BCUT2D eigenvalue weighted by molar-refractivity contribution is 9.08. The Morgan fingerprint density at radius 2 is 1.64 bits per heavy atom. The smallest absolute Gasteiger partial charge is 0.182 e. The molecule has 1 fully saturated rings. The number of hydrogen-bond donors (Lipinski definition) is 2. The highest BCUT2D eigenvalue weighted by Gasteiger charge is 2.39. The fraction of sp³-hybridized carbons (Fsp3) is 0.533. The van der Waals surface area contributed by atoms with Crippen LogP contribution in [0.4, 0.5) is 5.69 Å². The summed E-state index contributed by atoms with van der Waals surface area (Å²) in [6, 6.07) is 11.8. The summed E-state index contributed by atoms with van der Waals surface area (Å²) in [7, 11) is 0. The molecule has 0 saturated carbocycles. The minimum atomic E-state index is -0.285. The van der Waals surface area contributed by atoms with Crippen LogP contribution in [0.2, 0.25) is 0 Å². The third-order valence-corrected chi connectivity index (χ3v) is 7.61. The fourth-order valence-electron chi connectivity index (χ4n) is 5.24. The number of hydrogen-bond acceptors (Lipinski definition) is 4. The van der Waals surface area contributed by atoms with Gasteiger partial charge in [-0.3, -0.25) is 4.79 Å². The molecule has 1 aliphatic heterocycles. The number of carbonyl (C=O) groups excluding carboxylic acids is 1. The Kier molecular flexibility index (Phi) is 8.59. The lowest BCUT2D eigenvalue weighted by molar-refractivity contribution is 0.0963. The van der Waals surface area contributed by atoms with Crippen LogP contribution in [0.5, 0.6) is 5.75 Å². The minimum absolute atomic E-state index is 0.0445. The molecule has 6 heteroatoms. The van der Waals surface area contributed by atoms with E-state index in [0.717, 1.165) is 48.5 Å². The Morgan fingerprint density at radius 3 is 2.11 bits per heavy atom. The second-order valence-electron chi connectivity index (χ2n) is 12.3. The number of phenolic OH excluding ortho intramolecular Hbond substituents is 1. The highest BCUT2D eigenvalue weighted by Crippen LogP contribution is 2.40. The van der Waals surface area contributed by atoms with Gasteiger partial charge in [-0.1, -0.05) is 67.0 Å². The van der Waals surface area contributed by atoms with Crippen molar-refractivity contribution in [3.8, 4) is 5.75 Å². The third kappa shape index (κ3) is 6.31. The molecule has 0 unspecified atom stereocenters. The number of aromatic hydroxyl groups is 1. The van der Waals surface area contributed by atoms with Crippen molar-refractivity contribution in [2.75, 3.05) is 18.8 Å². The number of likely N-dealkylation sites (tertiary alicyclic amines) is 1. The van der Waals surface area contributed by atoms with Gasteiger partial charge in [-0.2, -0.15) is 4.02 Å². The average Bonchev–Trinajstić information content (AvgIpc) is 3.09. The van der Waals surface area contributed by atoms with Gasteiger partial charge in [-0.15, -0.1) is 0 Å². The normalized spacial score (nSPS) is 19.8. The number of nitrogen functional groups attached to an aromatic ring is 1. The van der Waals surface area contributed by atoms with Crippen LogP contribution in [0, 0.1) is 11.8 Å². The van der Waals surface area contributed by atoms with Gasteiger partial charge in [0.15, 0.2) is 5.78 Å². The van der Waals surface area contributed by atoms with Crippen LogP contribution in [0.3, 0.4) is 0 Å². The van der Waals surface area contributed by atoms with Crippen LogP contribution in [0.15, 0.2) is 40.4 Å². The molecular weight excluding hydrogens is 514 g/mol. The molecule has 2 aromatic rings. The quantitative estimate of drug-likeness (QED) is 0.283. The molecule has 0 bridgehead atoms. The van der Waals surface area contributed by atoms with Crippen molar-refractivity contribution >= 4 is 33.5 Å². The molecule has 0 aliphatic carbocycles. The van der Waals surface area contributed by atoms with Crippen LogP contribution in [-0.2, 0) is 17.3 Å². The molecule has 1 saturated heterocycles. The second kappa shape index (κ2) is 11.0. The van der Waals surface area contributed by atoms with Crippen LogP contribution in [0.1, 0.15) is 88.4 Å². The van der Waals surface area contributed by atoms with E-state index in [-0.39, 0.29) is 29.1 Å². The van der Waals surface area contributed by atoms with Gasteiger partial charge < -0.3 is 15.7 Å². The van der Waals surface area contributed by atoms with Crippen molar-refractivity contribution in [3.63, 3.8) is 0 Å². The number of halogens is 1. The molecule has 1 aliphatic rings. The Morgan fingerprint density at radius 1 is 1.08 bits per heavy atom. The average molecular weight is 557 g/mol. The zero-order chi connectivity index (χ0) is 26.8. The van der Waals surface area contributed by atoms with E-state index in [9.17, 15) is 9.90 Å². The molecule has 0 aromatic heterocycles. The molecule has 5 nitrogen and oxygen atoms in total. The number of amidine groups is 1. The first-order valence-electron chi connectivity index (χ1n) is 13.0. The van der Waals surface area contributed by atoms with Crippen LogP contribution >= 0.6 is 16.1 Å². The predicted octanol–water partition coefficient (Wildman–Crippen LogP) is 7.05. The summed E-state index contributed by atoms with van der Waals surface area (Å²) in [5, 5.41) is 11.1. The van der Waals surface area contributed by atoms with Gasteiger partial charge >= 0.3 is 0 Å². The lowest BCUT2D eigenvalue weighted by Gasteiger charge is -2.28. The number of Topliss-reactive ketones (excluding diaryl/α,β-unsaturated/α-hetero) is 1. The predicted molar refractivity (Wildman–Crippen MR) is 154 cm³/mol. The first-order valence-corrected chi connectivity index (χ1v) is 13.7. The van der Waals surface area contributed by atoms with Gasteiger partial charge in [0.1, 0.15) is 11.6 Å². The lowest BCUT2D eigenvalue weighted by atomic mass is 9.78.